The van der Waals surface area contributed by atoms with Crippen molar-refractivity contribution in [3.63, 3.8) is 0 Å². The topological polar surface area (TPSA) is 77.8 Å². The van der Waals surface area contributed by atoms with Gasteiger partial charge in [-0.25, -0.2) is 8.42 Å². The molecular weight excluding hydrogens is 290 g/mol. The lowest BCUT2D eigenvalue weighted by Gasteiger charge is -2.33. The van der Waals surface area contributed by atoms with E-state index in [4.69, 9.17) is 5.11 Å². The van der Waals surface area contributed by atoms with Gasteiger partial charge in [0.15, 0.2) is 0 Å². The number of nitrogens with zero attached hydrogens (tertiary/aromatic N) is 1. The molecule has 1 fully saturated rings. The van der Waals surface area contributed by atoms with Gasteiger partial charge in [-0.3, -0.25) is 0 Å². The van der Waals surface area contributed by atoms with Gasteiger partial charge in [0, 0.05) is 18.2 Å². The highest BCUT2D eigenvalue weighted by Crippen LogP contribution is 2.25. The molecule has 0 aliphatic carbocycles. The standard InChI is InChI=1S/C15H19NO4S/c17-11-3-4-13-6-8-15(9-7-13)21(19,20)16-10-2-1-5-14(16)12-18/h6-9,14,17-18H,1-2,5,10-12H2. The average molecular weight is 309 g/mol. The molecule has 114 valence electrons. The Bertz CT molecular complexity index is 628. The molecule has 1 aliphatic heterocycles. The van der Waals surface area contributed by atoms with E-state index in [1.165, 1.54) is 16.4 Å². The molecule has 0 spiro atoms. The van der Waals surface area contributed by atoms with Crippen LogP contribution in [0.3, 0.4) is 0 Å². The molecule has 1 unspecified atom stereocenters. The number of hydrogen-bond donors (Lipinski definition) is 2. The first-order chi connectivity index (χ1) is 10.1. The summed E-state index contributed by atoms with van der Waals surface area (Å²) in [6, 6.07) is 5.93. The van der Waals surface area contributed by atoms with Gasteiger partial charge >= 0.3 is 0 Å². The zero-order valence-electron chi connectivity index (χ0n) is 11.7. The summed E-state index contributed by atoms with van der Waals surface area (Å²) in [5.41, 5.74) is 0.653. The monoisotopic (exact) mass is 309 g/mol. The number of rotatable bonds is 3. The van der Waals surface area contributed by atoms with Crippen LogP contribution in [-0.4, -0.2) is 48.7 Å². The Kier molecular flexibility index (Phi) is 5.37. The smallest absolute Gasteiger partial charge is 0.243 e. The van der Waals surface area contributed by atoms with Crippen molar-refractivity contribution in [2.24, 2.45) is 0 Å². The Hall–Kier alpha value is -1.39. The van der Waals surface area contributed by atoms with Crippen LogP contribution < -0.4 is 0 Å². The zero-order valence-corrected chi connectivity index (χ0v) is 12.5. The predicted octanol–water partition coefficient (Wildman–Crippen LogP) is 0.566. The first kappa shape index (κ1) is 16.0. The second-order valence-corrected chi connectivity index (χ2v) is 6.82. The Morgan fingerprint density at radius 3 is 2.52 bits per heavy atom. The third-order valence-electron chi connectivity index (χ3n) is 3.56. The van der Waals surface area contributed by atoms with Gasteiger partial charge < -0.3 is 10.2 Å². The van der Waals surface area contributed by atoms with Gasteiger partial charge in [0.1, 0.15) is 6.61 Å². The molecule has 0 amide bonds. The molecule has 2 N–H and O–H groups in total. The van der Waals surface area contributed by atoms with Crippen molar-refractivity contribution in [1.82, 2.24) is 4.31 Å². The molecule has 0 aromatic heterocycles. The summed E-state index contributed by atoms with van der Waals surface area (Å²) in [7, 11) is -3.58. The van der Waals surface area contributed by atoms with Crippen LogP contribution in [0.15, 0.2) is 29.2 Å². The van der Waals surface area contributed by atoms with Gasteiger partial charge in [-0.05, 0) is 37.1 Å². The average Bonchev–Trinajstić information content (AvgIpc) is 2.53. The Morgan fingerprint density at radius 1 is 1.19 bits per heavy atom. The number of hydrogen-bond acceptors (Lipinski definition) is 4. The van der Waals surface area contributed by atoms with E-state index in [0.29, 0.717) is 18.5 Å². The molecule has 1 saturated heterocycles. The lowest BCUT2D eigenvalue weighted by Crippen LogP contribution is -2.45. The second kappa shape index (κ2) is 7.05. The summed E-state index contributed by atoms with van der Waals surface area (Å²) in [5, 5.41) is 18.0. The molecule has 2 rings (SSSR count). The van der Waals surface area contributed by atoms with Gasteiger partial charge in [0.2, 0.25) is 10.0 Å². The molecule has 1 aromatic carbocycles. The van der Waals surface area contributed by atoms with Crippen LogP contribution in [0.25, 0.3) is 0 Å². The molecule has 1 aromatic rings. The van der Waals surface area contributed by atoms with Gasteiger partial charge in [0.05, 0.1) is 11.5 Å². The minimum Gasteiger partial charge on any atom is -0.395 e. The maximum atomic E-state index is 12.6. The fraction of sp³-hybridized carbons (Fsp3) is 0.467. The van der Waals surface area contributed by atoms with E-state index in [9.17, 15) is 13.5 Å². The summed E-state index contributed by atoms with van der Waals surface area (Å²) in [6.45, 7) is 0.0604. The van der Waals surface area contributed by atoms with Crippen LogP contribution in [0.5, 0.6) is 0 Å². The van der Waals surface area contributed by atoms with Crippen molar-refractivity contribution in [3.05, 3.63) is 29.8 Å². The molecule has 1 atom stereocenters. The Morgan fingerprint density at radius 2 is 1.90 bits per heavy atom. The Labute approximate surface area is 125 Å². The van der Waals surface area contributed by atoms with Crippen molar-refractivity contribution in [2.75, 3.05) is 19.8 Å². The summed E-state index contributed by atoms with van der Waals surface area (Å²) in [5.74, 6) is 5.24. The number of aliphatic hydroxyl groups is 2. The molecule has 1 aliphatic rings. The number of benzene rings is 1. The predicted molar refractivity (Wildman–Crippen MR) is 79.0 cm³/mol. The van der Waals surface area contributed by atoms with Crippen LogP contribution >= 0.6 is 0 Å². The van der Waals surface area contributed by atoms with Gasteiger partial charge in [-0.2, -0.15) is 4.31 Å². The van der Waals surface area contributed by atoms with Crippen LogP contribution in [0.1, 0.15) is 24.8 Å². The first-order valence-electron chi connectivity index (χ1n) is 6.92. The van der Waals surface area contributed by atoms with Crippen molar-refractivity contribution in [3.8, 4) is 11.8 Å². The maximum absolute atomic E-state index is 12.6. The normalized spacial score (nSPS) is 19.8. The van der Waals surface area contributed by atoms with Crippen LogP contribution in [0, 0.1) is 11.8 Å². The zero-order chi connectivity index (χ0) is 15.3. The van der Waals surface area contributed by atoms with Crippen molar-refractivity contribution in [1.29, 1.82) is 0 Å². The second-order valence-electron chi connectivity index (χ2n) is 4.93. The van der Waals surface area contributed by atoms with Gasteiger partial charge in [-0.1, -0.05) is 18.3 Å². The SMILES string of the molecule is O=S(=O)(c1ccc(C#CCO)cc1)N1CCCCC1CO. The van der Waals surface area contributed by atoms with Crippen LogP contribution in [0.4, 0.5) is 0 Å². The summed E-state index contributed by atoms with van der Waals surface area (Å²) in [6.07, 6.45) is 2.44. The fourth-order valence-electron chi connectivity index (χ4n) is 2.46. The molecule has 1 heterocycles. The minimum atomic E-state index is -3.58. The molecule has 0 bridgehead atoms. The molecule has 21 heavy (non-hydrogen) atoms. The Balaban J connectivity index is 2.26. The summed E-state index contributed by atoms with van der Waals surface area (Å²) >= 11 is 0. The van der Waals surface area contributed by atoms with E-state index in [1.807, 2.05) is 0 Å². The lowest BCUT2D eigenvalue weighted by molar-refractivity contribution is 0.155. The van der Waals surface area contributed by atoms with E-state index >= 15 is 0 Å². The van der Waals surface area contributed by atoms with E-state index in [-0.39, 0.29) is 24.2 Å². The molecule has 0 saturated carbocycles. The maximum Gasteiger partial charge on any atom is 0.243 e. The van der Waals surface area contributed by atoms with Crippen molar-refractivity contribution < 1.29 is 18.6 Å². The third-order valence-corrected chi connectivity index (χ3v) is 5.52. The molecular formula is C15H19NO4S. The quantitative estimate of drug-likeness (QED) is 0.800. The number of piperidine rings is 1. The highest BCUT2D eigenvalue weighted by molar-refractivity contribution is 7.89. The van der Waals surface area contributed by atoms with E-state index in [2.05, 4.69) is 11.8 Å². The van der Waals surface area contributed by atoms with Crippen LogP contribution in [0.2, 0.25) is 0 Å². The number of sulfonamides is 1. The van der Waals surface area contributed by atoms with E-state index in [1.54, 1.807) is 12.1 Å². The highest BCUT2D eigenvalue weighted by Gasteiger charge is 2.32. The molecule has 5 nitrogen and oxygen atoms in total. The van der Waals surface area contributed by atoms with Gasteiger partial charge in [-0.15, -0.1) is 0 Å². The number of aliphatic hydroxyl groups excluding tert-OH is 2. The van der Waals surface area contributed by atoms with E-state index in [0.717, 1.165) is 12.8 Å². The lowest BCUT2D eigenvalue weighted by atomic mass is 10.1. The van der Waals surface area contributed by atoms with Crippen molar-refractivity contribution in [2.45, 2.75) is 30.2 Å². The van der Waals surface area contributed by atoms with Crippen molar-refractivity contribution >= 4 is 10.0 Å². The minimum absolute atomic E-state index is 0.153. The first-order valence-corrected chi connectivity index (χ1v) is 8.36. The van der Waals surface area contributed by atoms with Crippen LogP contribution in [-0.2, 0) is 10.0 Å². The van der Waals surface area contributed by atoms with E-state index < -0.39 is 10.0 Å². The summed E-state index contributed by atoms with van der Waals surface area (Å²) in [4.78, 5) is 0.206. The fourth-order valence-corrected chi connectivity index (χ4v) is 4.15. The molecule has 0 radical (unpaired) electrons. The third kappa shape index (κ3) is 3.63. The highest BCUT2D eigenvalue weighted by atomic mass is 32.2. The largest absolute Gasteiger partial charge is 0.395 e. The van der Waals surface area contributed by atoms with Gasteiger partial charge in [0.25, 0.3) is 0 Å². The molecule has 6 heteroatoms. The summed E-state index contributed by atoms with van der Waals surface area (Å²) < 4.78 is 26.6.